The van der Waals surface area contributed by atoms with Gasteiger partial charge in [-0.15, -0.1) is 0 Å². The summed E-state index contributed by atoms with van der Waals surface area (Å²) in [7, 11) is 0. The van der Waals surface area contributed by atoms with Crippen LogP contribution in [0.3, 0.4) is 0 Å². The summed E-state index contributed by atoms with van der Waals surface area (Å²) in [6, 6.07) is 4.22. The molecule has 1 aliphatic heterocycles. The van der Waals surface area contributed by atoms with Gasteiger partial charge in [0.05, 0.1) is 0 Å². The molecule has 19 heavy (non-hydrogen) atoms. The lowest BCUT2D eigenvalue weighted by Crippen LogP contribution is -2.50. The summed E-state index contributed by atoms with van der Waals surface area (Å²) in [4.78, 5) is 25.0. The average Bonchev–Trinajstić information content (AvgIpc) is 2.75. The van der Waals surface area contributed by atoms with Crippen LogP contribution in [0.2, 0.25) is 0 Å². The second-order valence-electron chi connectivity index (χ2n) is 5.10. The van der Waals surface area contributed by atoms with Crippen molar-refractivity contribution in [2.24, 2.45) is 0 Å². The molecule has 2 rings (SSSR count). The minimum atomic E-state index is -1.20. The molecule has 0 aliphatic carbocycles. The number of aryl methyl sites for hydroxylation is 1. The van der Waals surface area contributed by atoms with Gasteiger partial charge < -0.3 is 10.0 Å². The van der Waals surface area contributed by atoms with E-state index < -0.39 is 23.2 Å². The van der Waals surface area contributed by atoms with Crippen molar-refractivity contribution >= 4 is 11.9 Å². The zero-order chi connectivity index (χ0) is 14.2. The van der Waals surface area contributed by atoms with E-state index in [1.54, 1.807) is 6.92 Å². The fraction of sp³-hybridized carbons (Fsp3) is 0.429. The van der Waals surface area contributed by atoms with Crippen molar-refractivity contribution in [3.8, 4) is 0 Å². The summed E-state index contributed by atoms with van der Waals surface area (Å²) in [6.07, 6.45) is 1.06. The molecule has 0 radical (unpaired) electrons. The minimum absolute atomic E-state index is 0.192. The van der Waals surface area contributed by atoms with Crippen LogP contribution in [0.1, 0.15) is 35.7 Å². The lowest BCUT2D eigenvalue weighted by atomic mass is 9.98. The average molecular weight is 265 g/mol. The van der Waals surface area contributed by atoms with Gasteiger partial charge >= 0.3 is 5.97 Å². The van der Waals surface area contributed by atoms with Crippen LogP contribution in [-0.4, -0.2) is 34.0 Å². The van der Waals surface area contributed by atoms with Gasteiger partial charge in [-0.1, -0.05) is 6.07 Å². The zero-order valence-electron chi connectivity index (χ0n) is 10.9. The first kappa shape index (κ1) is 13.5. The molecule has 1 aromatic carbocycles. The number of nitrogens with zero attached hydrogens (tertiary/aromatic N) is 1. The number of halogens is 1. The molecular weight excluding hydrogens is 249 g/mol. The molecule has 0 saturated carbocycles. The molecule has 1 amide bonds. The molecule has 1 fully saturated rings. The van der Waals surface area contributed by atoms with E-state index in [2.05, 4.69) is 0 Å². The zero-order valence-corrected chi connectivity index (χ0v) is 10.9. The van der Waals surface area contributed by atoms with Crippen molar-refractivity contribution in [2.75, 3.05) is 6.54 Å². The quantitative estimate of drug-likeness (QED) is 0.892. The first-order valence-corrected chi connectivity index (χ1v) is 6.18. The molecule has 0 spiro atoms. The highest BCUT2D eigenvalue weighted by Gasteiger charge is 2.46. The number of likely N-dealkylation sites (tertiary alicyclic amines) is 1. The Kier molecular flexibility index (Phi) is 3.30. The van der Waals surface area contributed by atoms with Gasteiger partial charge in [0, 0.05) is 12.1 Å². The van der Waals surface area contributed by atoms with E-state index in [0.717, 1.165) is 6.07 Å². The van der Waals surface area contributed by atoms with E-state index in [-0.39, 0.29) is 5.56 Å². The van der Waals surface area contributed by atoms with Crippen LogP contribution in [0.25, 0.3) is 0 Å². The SMILES string of the molecule is Cc1ccc(C(=O)N2CCCC2(C)C(=O)O)cc1F. The molecule has 1 aliphatic rings. The standard InChI is InChI=1S/C14H16FNO3/c1-9-4-5-10(8-11(9)15)12(17)16-7-3-6-14(16,2)13(18)19/h4-5,8H,3,6-7H2,1-2H3,(H,18,19). The fourth-order valence-electron chi connectivity index (χ4n) is 2.39. The summed E-state index contributed by atoms with van der Waals surface area (Å²) in [5.41, 5.74) is -0.547. The second-order valence-corrected chi connectivity index (χ2v) is 5.10. The Morgan fingerprint density at radius 2 is 2.11 bits per heavy atom. The van der Waals surface area contributed by atoms with Crippen molar-refractivity contribution < 1.29 is 19.1 Å². The van der Waals surface area contributed by atoms with Gasteiger partial charge in [-0.05, 0) is 44.4 Å². The molecular formula is C14H16FNO3. The Morgan fingerprint density at radius 3 is 2.68 bits per heavy atom. The second kappa shape index (κ2) is 4.64. The van der Waals surface area contributed by atoms with Crippen LogP contribution in [0, 0.1) is 12.7 Å². The number of carbonyl (C=O) groups is 2. The van der Waals surface area contributed by atoms with Gasteiger partial charge in [0.25, 0.3) is 5.91 Å². The van der Waals surface area contributed by atoms with Gasteiger partial charge in [-0.3, -0.25) is 4.79 Å². The highest BCUT2D eigenvalue weighted by Crippen LogP contribution is 2.31. The van der Waals surface area contributed by atoms with Gasteiger partial charge in [0.2, 0.25) is 0 Å². The molecule has 1 unspecified atom stereocenters. The van der Waals surface area contributed by atoms with Crippen LogP contribution >= 0.6 is 0 Å². The fourth-order valence-corrected chi connectivity index (χ4v) is 2.39. The minimum Gasteiger partial charge on any atom is -0.480 e. The Bertz CT molecular complexity index is 543. The third kappa shape index (κ3) is 2.20. The normalized spacial score (nSPS) is 22.6. The van der Waals surface area contributed by atoms with Crippen molar-refractivity contribution in [3.05, 3.63) is 35.1 Å². The largest absolute Gasteiger partial charge is 0.480 e. The maximum absolute atomic E-state index is 13.5. The van der Waals surface area contributed by atoms with Crippen LogP contribution < -0.4 is 0 Å². The lowest BCUT2D eigenvalue weighted by Gasteiger charge is -2.31. The third-order valence-corrected chi connectivity index (χ3v) is 3.77. The lowest BCUT2D eigenvalue weighted by molar-refractivity contribution is -0.147. The Hall–Kier alpha value is -1.91. The molecule has 1 N–H and O–H groups in total. The van der Waals surface area contributed by atoms with Crippen molar-refractivity contribution in [2.45, 2.75) is 32.2 Å². The summed E-state index contributed by atoms with van der Waals surface area (Å²) in [5, 5.41) is 9.27. The van der Waals surface area contributed by atoms with E-state index in [0.29, 0.717) is 24.9 Å². The number of carbonyl (C=O) groups excluding carboxylic acids is 1. The summed E-state index contributed by atoms with van der Waals surface area (Å²) in [5.74, 6) is -1.91. The van der Waals surface area contributed by atoms with E-state index in [4.69, 9.17) is 0 Å². The summed E-state index contributed by atoms with van der Waals surface area (Å²) < 4.78 is 13.5. The highest BCUT2D eigenvalue weighted by atomic mass is 19.1. The number of hydrogen-bond acceptors (Lipinski definition) is 2. The van der Waals surface area contributed by atoms with Gasteiger partial charge in [-0.25, -0.2) is 9.18 Å². The van der Waals surface area contributed by atoms with Crippen LogP contribution in [0.5, 0.6) is 0 Å². The summed E-state index contributed by atoms with van der Waals surface area (Å²) >= 11 is 0. The van der Waals surface area contributed by atoms with E-state index in [1.807, 2.05) is 0 Å². The molecule has 0 aromatic heterocycles. The van der Waals surface area contributed by atoms with E-state index in [1.165, 1.54) is 24.0 Å². The van der Waals surface area contributed by atoms with Gasteiger partial charge in [-0.2, -0.15) is 0 Å². The number of carboxylic acid groups (broad SMARTS) is 1. The third-order valence-electron chi connectivity index (χ3n) is 3.77. The number of carboxylic acids is 1. The van der Waals surface area contributed by atoms with Gasteiger partial charge in [0.1, 0.15) is 11.4 Å². The smallest absolute Gasteiger partial charge is 0.329 e. The molecule has 0 bridgehead atoms. The molecule has 1 atom stereocenters. The Balaban J connectivity index is 2.33. The number of amides is 1. The van der Waals surface area contributed by atoms with Crippen LogP contribution in [0.15, 0.2) is 18.2 Å². The first-order valence-electron chi connectivity index (χ1n) is 6.18. The van der Waals surface area contributed by atoms with Gasteiger partial charge in [0.15, 0.2) is 0 Å². The van der Waals surface area contributed by atoms with Crippen molar-refractivity contribution in [1.82, 2.24) is 4.90 Å². The Labute approximate surface area is 110 Å². The van der Waals surface area contributed by atoms with E-state index in [9.17, 15) is 19.1 Å². The van der Waals surface area contributed by atoms with Crippen LogP contribution in [0.4, 0.5) is 4.39 Å². The van der Waals surface area contributed by atoms with Crippen molar-refractivity contribution in [3.63, 3.8) is 0 Å². The maximum atomic E-state index is 13.5. The van der Waals surface area contributed by atoms with Crippen LogP contribution in [-0.2, 0) is 4.79 Å². The molecule has 1 aromatic rings. The molecule has 5 heteroatoms. The first-order chi connectivity index (χ1) is 8.86. The molecule has 1 saturated heterocycles. The molecule has 4 nitrogen and oxygen atoms in total. The number of rotatable bonds is 2. The summed E-state index contributed by atoms with van der Waals surface area (Å²) in [6.45, 7) is 3.53. The highest BCUT2D eigenvalue weighted by molar-refractivity contribution is 5.98. The van der Waals surface area contributed by atoms with Crippen molar-refractivity contribution in [1.29, 1.82) is 0 Å². The molecule has 1 heterocycles. The van der Waals surface area contributed by atoms with E-state index >= 15 is 0 Å². The molecule has 102 valence electrons. The maximum Gasteiger partial charge on any atom is 0.329 e. The predicted molar refractivity (Wildman–Crippen MR) is 67.4 cm³/mol. The predicted octanol–water partition coefficient (Wildman–Crippen LogP) is 2.21. The monoisotopic (exact) mass is 265 g/mol. The number of hydrogen-bond donors (Lipinski definition) is 1. The Morgan fingerprint density at radius 1 is 1.42 bits per heavy atom. The number of aliphatic carboxylic acids is 1. The number of benzene rings is 1. The topological polar surface area (TPSA) is 57.6 Å².